The fraction of sp³-hybridized carbons (Fsp3) is 0.455. The third-order valence-corrected chi connectivity index (χ3v) is 5.08. The zero-order valence-electron chi connectivity index (χ0n) is 8.47. The first-order valence-corrected chi connectivity index (χ1v) is 7.96. The highest BCUT2D eigenvalue weighted by Crippen LogP contribution is 2.47. The predicted octanol–water partition coefficient (Wildman–Crippen LogP) is 5.06. The van der Waals surface area contributed by atoms with Crippen molar-refractivity contribution in [1.82, 2.24) is 0 Å². The summed E-state index contributed by atoms with van der Waals surface area (Å²) in [5, 5.41) is 0. The average molecular weight is 431 g/mol. The van der Waals surface area contributed by atoms with Gasteiger partial charge in [0.1, 0.15) is 5.75 Å². The molecule has 5 heteroatoms. The molecule has 1 aromatic rings. The number of hydrogen-bond acceptors (Lipinski definition) is 2. The van der Waals surface area contributed by atoms with Crippen molar-refractivity contribution in [1.29, 1.82) is 0 Å². The summed E-state index contributed by atoms with van der Waals surface area (Å²) in [5.41, 5.74) is 0.315. The average Bonchev–Trinajstić information content (AvgIpc) is 2.97. The second-order valence-electron chi connectivity index (χ2n) is 4.15. The molecule has 0 saturated heterocycles. The summed E-state index contributed by atoms with van der Waals surface area (Å²) >= 11 is 14.8. The minimum absolute atomic E-state index is 0.315. The van der Waals surface area contributed by atoms with E-state index in [0.29, 0.717) is 5.41 Å². The Bertz CT molecular complexity index is 381. The fourth-order valence-electron chi connectivity index (χ4n) is 1.42. The van der Waals surface area contributed by atoms with E-state index in [-0.39, 0.29) is 0 Å². The molecule has 0 bridgehead atoms. The number of thiol groups is 1. The monoisotopic (exact) mass is 428 g/mol. The van der Waals surface area contributed by atoms with E-state index in [2.05, 4.69) is 60.4 Å². The highest BCUT2D eigenvalue weighted by Gasteiger charge is 2.42. The van der Waals surface area contributed by atoms with Gasteiger partial charge in [-0.3, -0.25) is 0 Å². The third-order valence-electron chi connectivity index (χ3n) is 2.78. The van der Waals surface area contributed by atoms with Gasteiger partial charge in [-0.15, -0.1) is 0 Å². The predicted molar refractivity (Wildman–Crippen MR) is 80.6 cm³/mol. The van der Waals surface area contributed by atoms with Crippen molar-refractivity contribution in [3.63, 3.8) is 0 Å². The second-order valence-corrected chi connectivity index (χ2v) is 7.09. The smallest absolute Gasteiger partial charge is 0.147 e. The maximum Gasteiger partial charge on any atom is 0.147 e. The first kappa shape index (κ1) is 13.2. The Morgan fingerprint density at radius 1 is 1.19 bits per heavy atom. The van der Waals surface area contributed by atoms with Crippen LogP contribution in [0.4, 0.5) is 0 Å². The topological polar surface area (TPSA) is 9.23 Å². The summed E-state index contributed by atoms with van der Waals surface area (Å²) < 4.78 is 8.82. The lowest BCUT2D eigenvalue weighted by Crippen LogP contribution is -2.15. The molecule has 0 amide bonds. The van der Waals surface area contributed by atoms with Gasteiger partial charge in [0.15, 0.2) is 0 Å². The van der Waals surface area contributed by atoms with E-state index < -0.39 is 0 Å². The molecule has 0 N–H and O–H groups in total. The van der Waals surface area contributed by atoms with Crippen LogP contribution in [0.15, 0.2) is 25.6 Å². The van der Waals surface area contributed by atoms with Crippen LogP contribution in [0.2, 0.25) is 0 Å². The van der Waals surface area contributed by atoms with Gasteiger partial charge >= 0.3 is 0 Å². The van der Waals surface area contributed by atoms with E-state index in [4.69, 9.17) is 4.74 Å². The van der Waals surface area contributed by atoms with Crippen LogP contribution in [-0.4, -0.2) is 12.4 Å². The van der Waals surface area contributed by atoms with E-state index in [9.17, 15) is 0 Å². The molecule has 0 spiro atoms. The summed E-state index contributed by atoms with van der Waals surface area (Å²) in [5.74, 6) is 1.77. The zero-order chi connectivity index (χ0) is 11.8. The highest BCUT2D eigenvalue weighted by atomic mass is 79.9. The molecular weight excluding hydrogens is 420 g/mol. The molecule has 16 heavy (non-hydrogen) atoms. The highest BCUT2D eigenvalue weighted by molar-refractivity contribution is 9.11. The third kappa shape index (κ3) is 2.98. The van der Waals surface area contributed by atoms with Crippen molar-refractivity contribution in [2.45, 2.75) is 12.8 Å². The first-order valence-electron chi connectivity index (χ1n) is 4.94. The van der Waals surface area contributed by atoms with Gasteiger partial charge in [0, 0.05) is 9.89 Å². The largest absolute Gasteiger partial charge is 0.491 e. The van der Waals surface area contributed by atoms with Gasteiger partial charge in [0.2, 0.25) is 0 Å². The van der Waals surface area contributed by atoms with Crippen LogP contribution in [-0.2, 0) is 0 Å². The molecule has 1 aliphatic carbocycles. The van der Waals surface area contributed by atoms with Gasteiger partial charge < -0.3 is 4.74 Å². The Kier molecular flexibility index (Phi) is 4.31. The van der Waals surface area contributed by atoms with Crippen molar-refractivity contribution in [3.05, 3.63) is 25.6 Å². The van der Waals surface area contributed by atoms with E-state index >= 15 is 0 Å². The molecule has 0 atom stereocenters. The molecule has 1 saturated carbocycles. The van der Waals surface area contributed by atoms with Crippen molar-refractivity contribution in [3.8, 4) is 5.75 Å². The minimum atomic E-state index is 0.315. The van der Waals surface area contributed by atoms with Crippen molar-refractivity contribution in [2.75, 3.05) is 12.4 Å². The maximum absolute atomic E-state index is 5.88. The van der Waals surface area contributed by atoms with Crippen LogP contribution in [0, 0.1) is 5.41 Å². The van der Waals surface area contributed by atoms with Crippen LogP contribution in [0.3, 0.4) is 0 Å². The quantitative estimate of drug-likeness (QED) is 0.656. The standard InChI is InChI=1S/C11H11Br3OS/c12-7-3-8(13)10(9(14)4-7)15-5-11(6-16)1-2-11/h3-4,16H,1-2,5-6H2. The van der Waals surface area contributed by atoms with E-state index in [0.717, 1.165) is 31.5 Å². The molecular formula is C11H11Br3OS. The molecule has 1 nitrogen and oxygen atoms in total. The first-order chi connectivity index (χ1) is 7.56. The Morgan fingerprint density at radius 2 is 1.75 bits per heavy atom. The molecule has 88 valence electrons. The minimum Gasteiger partial charge on any atom is -0.491 e. The Labute approximate surface area is 126 Å². The van der Waals surface area contributed by atoms with E-state index in [1.807, 2.05) is 12.1 Å². The Balaban J connectivity index is 2.09. The number of halogens is 3. The van der Waals surface area contributed by atoms with Gasteiger partial charge in [0.05, 0.1) is 15.6 Å². The fourth-order valence-corrected chi connectivity index (χ4v) is 4.31. The van der Waals surface area contributed by atoms with Gasteiger partial charge in [-0.25, -0.2) is 0 Å². The van der Waals surface area contributed by atoms with Crippen molar-refractivity contribution >= 4 is 60.4 Å². The Morgan fingerprint density at radius 3 is 2.19 bits per heavy atom. The molecule has 0 unspecified atom stereocenters. The maximum atomic E-state index is 5.88. The molecule has 1 aromatic carbocycles. The summed E-state index contributed by atoms with van der Waals surface area (Å²) in [6, 6.07) is 3.97. The molecule has 0 aliphatic heterocycles. The zero-order valence-corrected chi connectivity index (χ0v) is 14.1. The van der Waals surface area contributed by atoms with E-state index in [1.54, 1.807) is 0 Å². The van der Waals surface area contributed by atoms with E-state index in [1.165, 1.54) is 12.8 Å². The molecule has 0 radical (unpaired) electrons. The molecule has 1 aliphatic rings. The summed E-state index contributed by atoms with van der Waals surface area (Å²) in [7, 11) is 0. The lowest BCUT2D eigenvalue weighted by atomic mass is 10.2. The van der Waals surface area contributed by atoms with Crippen LogP contribution in [0.1, 0.15) is 12.8 Å². The molecule has 2 rings (SSSR count). The van der Waals surface area contributed by atoms with Gasteiger partial charge in [-0.05, 0) is 62.6 Å². The SMILES string of the molecule is SCC1(COc2c(Br)cc(Br)cc2Br)CC1. The van der Waals surface area contributed by atoms with Crippen LogP contribution in [0.5, 0.6) is 5.75 Å². The van der Waals surface area contributed by atoms with Crippen molar-refractivity contribution in [2.24, 2.45) is 5.41 Å². The van der Waals surface area contributed by atoms with Gasteiger partial charge in [-0.1, -0.05) is 15.9 Å². The van der Waals surface area contributed by atoms with Crippen LogP contribution >= 0.6 is 60.4 Å². The molecule has 0 aromatic heterocycles. The molecule has 1 fully saturated rings. The summed E-state index contributed by atoms with van der Waals surface area (Å²) in [4.78, 5) is 0. The second kappa shape index (κ2) is 5.21. The number of ether oxygens (including phenoxy) is 1. The van der Waals surface area contributed by atoms with Gasteiger partial charge in [-0.2, -0.15) is 12.6 Å². The lowest BCUT2D eigenvalue weighted by molar-refractivity contribution is 0.248. The summed E-state index contributed by atoms with van der Waals surface area (Å²) in [6.45, 7) is 0.745. The molecule has 0 heterocycles. The normalized spacial score (nSPS) is 17.2. The summed E-state index contributed by atoms with van der Waals surface area (Å²) in [6.07, 6.45) is 2.45. The number of rotatable bonds is 4. The Hall–Kier alpha value is 0.810. The van der Waals surface area contributed by atoms with Crippen molar-refractivity contribution < 1.29 is 4.74 Å². The lowest BCUT2D eigenvalue weighted by Gasteiger charge is -2.16. The van der Waals surface area contributed by atoms with Gasteiger partial charge in [0.25, 0.3) is 0 Å². The van der Waals surface area contributed by atoms with Crippen LogP contribution in [0.25, 0.3) is 0 Å². The number of hydrogen-bond donors (Lipinski definition) is 1. The number of benzene rings is 1. The van der Waals surface area contributed by atoms with Crippen LogP contribution < -0.4 is 4.74 Å².